The second-order valence-corrected chi connectivity index (χ2v) is 14.8. The molecule has 0 unspecified atom stereocenters. The van der Waals surface area contributed by atoms with Crippen LogP contribution in [0, 0.1) is 23.3 Å². The second kappa shape index (κ2) is 12.7. The summed E-state index contributed by atoms with van der Waals surface area (Å²) in [6.45, 7) is 2.77. The Morgan fingerprint density at radius 3 is 1.46 bits per heavy atom. The van der Waals surface area contributed by atoms with Gasteiger partial charge in [-0.25, -0.2) is 17.6 Å². The molecule has 5 rings (SSSR count). The summed E-state index contributed by atoms with van der Waals surface area (Å²) >= 11 is 0. The van der Waals surface area contributed by atoms with Crippen molar-refractivity contribution in [3.05, 3.63) is 131 Å². The van der Waals surface area contributed by atoms with Gasteiger partial charge in [-0.3, -0.25) is 4.44 Å². The highest BCUT2D eigenvalue weighted by Crippen LogP contribution is 2.76. The van der Waals surface area contributed by atoms with Gasteiger partial charge in [0.05, 0.1) is 0 Å². The van der Waals surface area contributed by atoms with E-state index in [2.05, 4.69) is 35.6 Å². The molecule has 0 aliphatic carbocycles. The van der Waals surface area contributed by atoms with Gasteiger partial charge in [-0.15, -0.1) is 0 Å². The fourth-order valence-corrected chi connectivity index (χ4v) is 13.0. The molecule has 4 aromatic rings. The lowest BCUT2D eigenvalue weighted by Gasteiger charge is -2.42. The summed E-state index contributed by atoms with van der Waals surface area (Å²) in [6.07, 6.45) is 3.71. The molecule has 1 heterocycles. The third-order valence-electron chi connectivity index (χ3n) is 7.11. The fraction of sp³-hybridized carbons (Fsp3) is 0.250. The Bertz CT molecular complexity index is 1250. The van der Waals surface area contributed by atoms with E-state index in [0.29, 0.717) is 17.2 Å². The Morgan fingerprint density at radius 1 is 0.667 bits per heavy atom. The van der Waals surface area contributed by atoms with E-state index >= 15 is 0 Å². The van der Waals surface area contributed by atoms with Gasteiger partial charge >= 0.3 is 0 Å². The van der Waals surface area contributed by atoms with Gasteiger partial charge in [0.15, 0.2) is 0 Å². The van der Waals surface area contributed by atoms with Crippen LogP contribution in [-0.2, 0) is 0 Å². The maximum absolute atomic E-state index is 14.6. The minimum Gasteiger partial charge on any atom is -0.251 e. The third-order valence-corrected chi connectivity index (χ3v) is 13.5. The van der Waals surface area contributed by atoms with Crippen molar-refractivity contribution in [2.45, 2.75) is 43.9 Å². The number of hydrogen-bond donors (Lipinski definition) is 0. The third kappa shape index (κ3) is 6.43. The van der Waals surface area contributed by atoms with Crippen LogP contribution in [0.3, 0.4) is 0 Å². The molecule has 202 valence electrons. The second-order valence-electron chi connectivity index (χ2n) is 9.83. The summed E-state index contributed by atoms with van der Waals surface area (Å²) in [4.78, 5) is 0. The standard InChI is InChI=1S/C32H31F4NP2/c1-2-3-16-37(38(29-19-25(33)17-26(34)20-29)30-21-27(35)18-28(36)22-30)39-31(23-10-6-4-7-11-23)14-15-32(39)24-12-8-5-9-13-24/h4-13,17-22,31-32H,2-3,14-16H2,1H3/t31-,32-/m0/s1. The molecular weight excluding hydrogens is 536 g/mol. The first-order chi connectivity index (χ1) is 18.9. The summed E-state index contributed by atoms with van der Waals surface area (Å²) in [5, 5.41) is 0.855. The average molecular weight is 568 g/mol. The van der Waals surface area contributed by atoms with E-state index in [1.54, 1.807) is 0 Å². The molecule has 1 fully saturated rings. The molecule has 0 bridgehead atoms. The molecule has 1 aliphatic rings. The number of rotatable bonds is 9. The van der Waals surface area contributed by atoms with Gasteiger partial charge in [-0.1, -0.05) is 74.0 Å². The van der Waals surface area contributed by atoms with Crippen molar-refractivity contribution in [1.29, 1.82) is 0 Å². The SMILES string of the molecule is CCCCN(P(c1cc(F)cc(F)c1)c1cc(F)cc(F)c1)P1[C@H](c2ccccc2)CC[C@H]1c1ccccc1. The first-order valence-corrected chi connectivity index (χ1v) is 16.0. The zero-order valence-electron chi connectivity index (χ0n) is 21.8. The molecular formula is C32H31F4NP2. The van der Waals surface area contributed by atoms with Crippen LogP contribution in [0.25, 0.3) is 0 Å². The van der Waals surface area contributed by atoms with Crippen LogP contribution >= 0.6 is 16.1 Å². The van der Waals surface area contributed by atoms with Gasteiger partial charge in [0.25, 0.3) is 0 Å². The van der Waals surface area contributed by atoms with Gasteiger partial charge in [0, 0.05) is 48.7 Å². The van der Waals surface area contributed by atoms with E-state index in [1.807, 2.05) is 36.4 Å². The van der Waals surface area contributed by atoms with Gasteiger partial charge in [-0.2, -0.15) is 0 Å². The van der Waals surface area contributed by atoms with Crippen molar-refractivity contribution in [3.63, 3.8) is 0 Å². The molecule has 1 nitrogen and oxygen atoms in total. The van der Waals surface area contributed by atoms with E-state index in [-0.39, 0.29) is 11.3 Å². The van der Waals surface area contributed by atoms with E-state index in [9.17, 15) is 17.6 Å². The van der Waals surface area contributed by atoms with E-state index < -0.39 is 39.4 Å². The maximum Gasteiger partial charge on any atom is 0.126 e. The van der Waals surface area contributed by atoms with Crippen LogP contribution in [-0.4, -0.2) is 11.0 Å². The molecule has 4 aromatic carbocycles. The molecule has 2 atom stereocenters. The van der Waals surface area contributed by atoms with Crippen LogP contribution in [0.5, 0.6) is 0 Å². The molecule has 0 spiro atoms. The Kier molecular flexibility index (Phi) is 9.13. The van der Waals surface area contributed by atoms with Crippen molar-refractivity contribution in [2.24, 2.45) is 0 Å². The molecule has 1 aliphatic heterocycles. The predicted octanol–water partition coefficient (Wildman–Crippen LogP) is 9.37. The summed E-state index contributed by atoms with van der Waals surface area (Å²) in [6, 6.07) is 27.8. The average Bonchev–Trinajstić information content (AvgIpc) is 3.36. The number of unbranched alkanes of at least 4 members (excludes halogenated alkanes) is 1. The number of halogens is 4. The molecule has 0 saturated carbocycles. The number of nitrogens with zero attached hydrogens (tertiary/aromatic N) is 1. The topological polar surface area (TPSA) is 3.24 Å². The Labute approximate surface area is 230 Å². The van der Waals surface area contributed by atoms with Crippen molar-refractivity contribution < 1.29 is 17.6 Å². The minimum absolute atomic E-state index is 0.213. The van der Waals surface area contributed by atoms with E-state index in [1.165, 1.54) is 35.4 Å². The smallest absolute Gasteiger partial charge is 0.126 e. The first-order valence-electron chi connectivity index (χ1n) is 13.3. The van der Waals surface area contributed by atoms with E-state index in [4.69, 9.17) is 0 Å². The maximum atomic E-state index is 14.6. The highest BCUT2D eigenvalue weighted by Gasteiger charge is 2.44. The lowest BCUT2D eigenvalue weighted by Crippen LogP contribution is -2.29. The lowest BCUT2D eigenvalue weighted by molar-refractivity contribution is 0.584. The van der Waals surface area contributed by atoms with Crippen molar-refractivity contribution in [1.82, 2.24) is 4.44 Å². The molecule has 0 N–H and O–H groups in total. The molecule has 0 radical (unpaired) electrons. The summed E-state index contributed by atoms with van der Waals surface area (Å²) < 4.78 is 61.0. The zero-order chi connectivity index (χ0) is 27.4. The monoisotopic (exact) mass is 567 g/mol. The Morgan fingerprint density at radius 2 is 1.08 bits per heavy atom. The van der Waals surface area contributed by atoms with Crippen LogP contribution in [0.15, 0.2) is 97.1 Å². The van der Waals surface area contributed by atoms with E-state index in [0.717, 1.165) is 37.8 Å². The van der Waals surface area contributed by atoms with Gasteiger partial charge in [0.1, 0.15) is 23.3 Å². The first kappa shape index (κ1) is 28.0. The van der Waals surface area contributed by atoms with Gasteiger partial charge in [0.2, 0.25) is 0 Å². The van der Waals surface area contributed by atoms with Crippen LogP contribution in [0.2, 0.25) is 0 Å². The number of hydrogen-bond acceptors (Lipinski definition) is 1. The molecule has 0 aromatic heterocycles. The zero-order valence-corrected chi connectivity index (χ0v) is 23.6. The predicted molar refractivity (Wildman–Crippen MR) is 155 cm³/mol. The van der Waals surface area contributed by atoms with Crippen LogP contribution < -0.4 is 10.6 Å². The van der Waals surface area contributed by atoms with Crippen molar-refractivity contribution in [3.8, 4) is 0 Å². The molecule has 0 amide bonds. The van der Waals surface area contributed by atoms with Crippen molar-refractivity contribution in [2.75, 3.05) is 6.54 Å². The van der Waals surface area contributed by atoms with Gasteiger partial charge < -0.3 is 0 Å². The Balaban J connectivity index is 1.72. The summed E-state index contributed by atoms with van der Waals surface area (Å²) in [5.74, 6) is -2.77. The lowest BCUT2D eigenvalue weighted by atomic mass is 10.0. The molecule has 7 heteroatoms. The quantitative estimate of drug-likeness (QED) is 0.144. The molecule has 1 saturated heterocycles. The van der Waals surface area contributed by atoms with Crippen molar-refractivity contribution >= 4 is 26.8 Å². The summed E-state index contributed by atoms with van der Waals surface area (Å²) in [7, 11) is -2.59. The number of benzene rings is 4. The fourth-order valence-electron chi connectivity index (χ4n) is 5.47. The molecule has 39 heavy (non-hydrogen) atoms. The Hall–Kier alpha value is -2.58. The largest absolute Gasteiger partial charge is 0.251 e. The highest BCUT2D eigenvalue weighted by molar-refractivity contribution is 7.79. The summed E-state index contributed by atoms with van der Waals surface area (Å²) in [5.41, 5.74) is 2.89. The van der Waals surface area contributed by atoms with Gasteiger partial charge in [-0.05, 0) is 62.7 Å². The highest BCUT2D eigenvalue weighted by atomic mass is 31.2. The van der Waals surface area contributed by atoms with Crippen LogP contribution in [0.4, 0.5) is 17.6 Å². The minimum atomic E-state index is -1.63. The van der Waals surface area contributed by atoms with Crippen LogP contribution in [0.1, 0.15) is 55.1 Å². The normalized spacial score (nSPS) is 17.8.